The van der Waals surface area contributed by atoms with Gasteiger partial charge in [0.25, 0.3) is 0 Å². The van der Waals surface area contributed by atoms with Gasteiger partial charge >= 0.3 is 5.97 Å². The summed E-state index contributed by atoms with van der Waals surface area (Å²) in [5, 5.41) is 22.3. The quantitative estimate of drug-likeness (QED) is 0.304. The van der Waals surface area contributed by atoms with Gasteiger partial charge in [0.05, 0.1) is 6.54 Å². The molecule has 0 unspecified atom stereocenters. The number of aromatic carboxylic acids is 1. The molecule has 3 rings (SSSR count). The molecule has 2 aliphatic heterocycles. The van der Waals surface area contributed by atoms with Gasteiger partial charge in [-0.3, -0.25) is 14.5 Å². The van der Waals surface area contributed by atoms with Gasteiger partial charge < -0.3 is 31.7 Å². The van der Waals surface area contributed by atoms with Gasteiger partial charge in [-0.25, -0.2) is 4.79 Å². The molecule has 10 nitrogen and oxygen atoms in total. The molecule has 2 aliphatic rings. The Morgan fingerprint density at radius 3 is 2.57 bits per heavy atom. The van der Waals surface area contributed by atoms with Crippen LogP contribution in [0.1, 0.15) is 29.8 Å². The maximum absolute atomic E-state index is 12.1. The van der Waals surface area contributed by atoms with Gasteiger partial charge in [0.1, 0.15) is 36.0 Å². The normalized spacial score (nSPS) is 22.9. The van der Waals surface area contributed by atoms with Crippen molar-refractivity contribution in [1.29, 1.82) is 0 Å². The lowest BCUT2D eigenvalue weighted by molar-refractivity contribution is -0.129. The molecule has 11 heteroatoms. The van der Waals surface area contributed by atoms with Crippen molar-refractivity contribution in [2.24, 2.45) is 11.5 Å². The molecule has 0 spiro atoms. The fourth-order valence-electron chi connectivity index (χ4n) is 3.63. The molecule has 2 heterocycles. The van der Waals surface area contributed by atoms with E-state index in [2.05, 4.69) is 5.32 Å². The summed E-state index contributed by atoms with van der Waals surface area (Å²) in [7, 11) is 0.905. The molecule has 30 heavy (non-hydrogen) atoms. The molecule has 0 bridgehead atoms. The van der Waals surface area contributed by atoms with Crippen molar-refractivity contribution in [2.45, 2.75) is 37.1 Å². The van der Waals surface area contributed by atoms with Gasteiger partial charge in [0.2, 0.25) is 11.8 Å². The first-order chi connectivity index (χ1) is 13.9. The Morgan fingerprint density at radius 1 is 1.40 bits per heavy atom. The van der Waals surface area contributed by atoms with E-state index in [9.17, 15) is 24.6 Å². The second-order valence-electron chi connectivity index (χ2n) is 8.70. The SMILES string of the molecule is C[C@](N)(CN1CC(Oc2ccc([C@@]3(C)BC3)c(O)c2C(=O)O)C1)C(=O)NCC(N)=O. The van der Waals surface area contributed by atoms with E-state index >= 15 is 0 Å². The molecule has 0 aromatic heterocycles. The van der Waals surface area contributed by atoms with E-state index in [1.807, 2.05) is 11.8 Å². The van der Waals surface area contributed by atoms with Crippen LogP contribution >= 0.6 is 0 Å². The van der Waals surface area contributed by atoms with Crippen LogP contribution in [0.5, 0.6) is 11.5 Å². The minimum atomic E-state index is -1.24. The first-order valence-electron chi connectivity index (χ1n) is 9.77. The number of carbonyl (C=O) groups is 3. The maximum atomic E-state index is 12.1. The maximum Gasteiger partial charge on any atom is 0.343 e. The van der Waals surface area contributed by atoms with Crippen LogP contribution in [-0.4, -0.2) is 78.0 Å². The van der Waals surface area contributed by atoms with Crippen LogP contribution in [-0.2, 0) is 14.9 Å². The first-order valence-corrected chi connectivity index (χ1v) is 9.77. The van der Waals surface area contributed by atoms with Crippen LogP contribution in [0.2, 0.25) is 6.32 Å². The highest BCUT2D eigenvalue weighted by atomic mass is 16.5. The van der Waals surface area contributed by atoms with Crippen LogP contribution < -0.4 is 21.5 Å². The number of carboxylic acid groups (broad SMARTS) is 1. The molecule has 162 valence electrons. The number of likely N-dealkylation sites (tertiary alicyclic amines) is 1. The number of hydrogen-bond acceptors (Lipinski definition) is 7. The van der Waals surface area contributed by atoms with Crippen molar-refractivity contribution < 1.29 is 29.3 Å². The highest BCUT2D eigenvalue weighted by Crippen LogP contribution is 2.47. The summed E-state index contributed by atoms with van der Waals surface area (Å²) in [5.41, 5.74) is 10.2. The topological polar surface area (TPSA) is 168 Å². The van der Waals surface area contributed by atoms with Crippen molar-refractivity contribution >= 4 is 25.1 Å². The predicted octanol–water partition coefficient (Wildman–Crippen LogP) is -1.44. The summed E-state index contributed by atoms with van der Waals surface area (Å²) in [6, 6.07) is 3.32. The fraction of sp³-hybridized carbons (Fsp3) is 0.526. The lowest BCUT2D eigenvalue weighted by atomic mass is 9.81. The molecule has 0 saturated carbocycles. The van der Waals surface area contributed by atoms with Crippen molar-refractivity contribution in [3.8, 4) is 11.5 Å². The zero-order valence-electron chi connectivity index (χ0n) is 17.1. The van der Waals surface area contributed by atoms with Crippen molar-refractivity contribution in [2.75, 3.05) is 26.2 Å². The molecule has 2 saturated heterocycles. The largest absolute Gasteiger partial charge is 0.507 e. The van der Waals surface area contributed by atoms with E-state index in [0.29, 0.717) is 18.7 Å². The van der Waals surface area contributed by atoms with Gasteiger partial charge in [-0.2, -0.15) is 0 Å². The van der Waals surface area contributed by atoms with E-state index in [1.54, 1.807) is 19.1 Å². The number of primary amides is 1. The number of rotatable bonds is 9. The number of aromatic hydroxyl groups is 1. The number of nitrogens with zero attached hydrogens (tertiary/aromatic N) is 1. The second-order valence-corrected chi connectivity index (χ2v) is 8.70. The number of benzene rings is 1. The van der Waals surface area contributed by atoms with Crippen LogP contribution in [0.4, 0.5) is 0 Å². The molecule has 0 radical (unpaired) electrons. The van der Waals surface area contributed by atoms with Crippen LogP contribution in [0.15, 0.2) is 12.1 Å². The summed E-state index contributed by atoms with van der Waals surface area (Å²) in [5.74, 6) is -2.52. The highest BCUT2D eigenvalue weighted by molar-refractivity contribution is 6.54. The lowest BCUT2D eigenvalue weighted by Gasteiger charge is -2.42. The van der Waals surface area contributed by atoms with Crippen LogP contribution in [0.3, 0.4) is 0 Å². The molecule has 7 N–H and O–H groups in total. The Morgan fingerprint density at radius 2 is 2.03 bits per heavy atom. The Kier molecular flexibility index (Phi) is 5.70. The predicted molar refractivity (Wildman–Crippen MR) is 110 cm³/mol. The number of nitrogens with one attached hydrogen (secondary N) is 1. The lowest BCUT2D eigenvalue weighted by Crippen LogP contribution is -2.64. The number of hydrogen-bond donors (Lipinski definition) is 5. The summed E-state index contributed by atoms with van der Waals surface area (Å²) in [6.45, 7) is 4.36. The monoisotopic (exact) mass is 418 g/mol. The Labute approximate surface area is 174 Å². The average Bonchev–Trinajstić information content (AvgIpc) is 3.35. The van der Waals surface area contributed by atoms with Gasteiger partial charge in [-0.15, -0.1) is 0 Å². The summed E-state index contributed by atoms with van der Waals surface area (Å²) in [6.07, 6.45) is 0.608. The third kappa shape index (κ3) is 4.52. The van der Waals surface area contributed by atoms with Crippen molar-refractivity contribution in [3.63, 3.8) is 0 Å². The third-order valence-electron chi connectivity index (χ3n) is 5.72. The molecule has 2 atom stereocenters. The van der Waals surface area contributed by atoms with Gasteiger partial charge in [0.15, 0.2) is 0 Å². The minimum Gasteiger partial charge on any atom is -0.507 e. The molecule has 1 aromatic carbocycles. The molecule has 2 amide bonds. The van der Waals surface area contributed by atoms with Gasteiger partial charge in [-0.1, -0.05) is 19.3 Å². The Bertz CT molecular complexity index is 880. The number of amides is 2. The molecule has 1 aromatic rings. The summed E-state index contributed by atoms with van der Waals surface area (Å²) in [4.78, 5) is 36.5. The molecular weight excluding hydrogens is 391 g/mol. The minimum absolute atomic E-state index is 0.118. The van der Waals surface area contributed by atoms with E-state index in [4.69, 9.17) is 16.2 Å². The average molecular weight is 418 g/mol. The Balaban J connectivity index is 1.60. The fourth-order valence-corrected chi connectivity index (χ4v) is 3.63. The number of phenols is 1. The zero-order valence-corrected chi connectivity index (χ0v) is 17.1. The van der Waals surface area contributed by atoms with E-state index in [0.717, 1.165) is 13.6 Å². The van der Waals surface area contributed by atoms with E-state index < -0.39 is 23.3 Å². The third-order valence-corrected chi connectivity index (χ3v) is 5.72. The van der Waals surface area contributed by atoms with Crippen LogP contribution in [0.25, 0.3) is 0 Å². The second kappa shape index (κ2) is 7.80. The smallest absolute Gasteiger partial charge is 0.343 e. The zero-order chi connectivity index (χ0) is 22.3. The standard InChI is InChI=1S/C19H27BN4O6/c1-18(8-20-18)11-3-4-12(14(15(11)26)16(27)28)30-10-6-24(7-10)9-19(2,22)17(29)23-5-13(21)25/h3-4,10,20,26H,5-9,22H2,1-2H3,(H2,21,25)(H,23,29)(H,27,28)/t18-,19-/m0/s1. The molecular formula is C19H27BN4O6. The first kappa shape index (κ1) is 21.9. The van der Waals surface area contributed by atoms with Gasteiger partial charge in [0, 0.05) is 19.6 Å². The number of nitrogens with two attached hydrogens (primary N) is 2. The van der Waals surface area contributed by atoms with Gasteiger partial charge in [-0.05, 0) is 23.9 Å². The molecule has 2 fully saturated rings. The van der Waals surface area contributed by atoms with Crippen molar-refractivity contribution in [1.82, 2.24) is 10.2 Å². The summed E-state index contributed by atoms with van der Waals surface area (Å²) >= 11 is 0. The van der Waals surface area contributed by atoms with E-state index in [1.165, 1.54) is 0 Å². The van der Waals surface area contributed by atoms with Crippen molar-refractivity contribution in [3.05, 3.63) is 23.3 Å². The van der Waals surface area contributed by atoms with Crippen LogP contribution in [0, 0.1) is 0 Å². The van der Waals surface area contributed by atoms with E-state index in [-0.39, 0.29) is 41.6 Å². The number of ether oxygens (including phenoxy) is 1. The number of carbonyl (C=O) groups excluding carboxylic acids is 2. The Hall–Kier alpha value is -2.79. The highest BCUT2D eigenvalue weighted by Gasteiger charge is 2.44. The number of carboxylic acids is 1. The summed E-state index contributed by atoms with van der Waals surface area (Å²) < 4.78 is 5.81. The molecule has 0 aliphatic carbocycles.